The number of carbonyl (C=O) groups is 1. The molecule has 3 heterocycles. The molecule has 0 bridgehead atoms. The summed E-state index contributed by atoms with van der Waals surface area (Å²) in [6.07, 6.45) is -2.87. The van der Waals surface area contributed by atoms with E-state index in [0.717, 1.165) is 29.5 Å². The van der Waals surface area contributed by atoms with E-state index in [9.17, 15) is 34.0 Å². The van der Waals surface area contributed by atoms with E-state index in [-0.39, 0.29) is 29.4 Å². The number of hydrogen-bond donors (Lipinski definition) is 5. The largest absolute Gasteiger partial charge is 0.487 e. The van der Waals surface area contributed by atoms with Gasteiger partial charge < -0.3 is 44.7 Å². The van der Waals surface area contributed by atoms with E-state index in [1.54, 1.807) is 44.3 Å². The Morgan fingerprint density at radius 3 is 2.30 bits per heavy atom. The van der Waals surface area contributed by atoms with Gasteiger partial charge in [-0.1, -0.05) is 18.2 Å². The van der Waals surface area contributed by atoms with Crippen LogP contribution in [0.1, 0.15) is 55.0 Å². The normalized spacial score (nSPS) is 23.9. The summed E-state index contributed by atoms with van der Waals surface area (Å²) in [5, 5.41) is 43.5. The van der Waals surface area contributed by atoms with Crippen molar-refractivity contribution in [1.29, 1.82) is 0 Å². The highest BCUT2D eigenvalue weighted by molar-refractivity contribution is 5.81. The average molecular weight is 646 g/mol. The van der Waals surface area contributed by atoms with Crippen molar-refractivity contribution in [3.63, 3.8) is 0 Å². The molecule has 1 aromatic carbocycles. The first-order chi connectivity index (χ1) is 21.8. The van der Waals surface area contributed by atoms with E-state index in [1.165, 1.54) is 25.4 Å². The molecule has 0 radical (unpaired) electrons. The number of aromatic nitrogens is 2. The molecule has 5 N–H and O–H groups in total. The van der Waals surface area contributed by atoms with E-state index in [0.29, 0.717) is 12.1 Å². The molecule has 1 saturated carbocycles. The number of aliphatic hydroxyl groups is 4. The Labute approximate surface area is 263 Å². The van der Waals surface area contributed by atoms with Gasteiger partial charge in [-0.3, -0.25) is 9.78 Å². The molecule has 1 aliphatic carbocycles. The van der Waals surface area contributed by atoms with Gasteiger partial charge in [0, 0.05) is 31.4 Å². The lowest BCUT2D eigenvalue weighted by Crippen LogP contribution is -2.62. The van der Waals surface area contributed by atoms with Gasteiger partial charge in [0.15, 0.2) is 17.6 Å². The van der Waals surface area contributed by atoms with Crippen LogP contribution in [0.5, 0.6) is 17.4 Å². The van der Waals surface area contributed by atoms with Crippen LogP contribution >= 0.6 is 0 Å². The Morgan fingerprint density at radius 1 is 0.978 bits per heavy atom. The van der Waals surface area contributed by atoms with Crippen molar-refractivity contribution < 1.29 is 52.9 Å². The van der Waals surface area contributed by atoms with Crippen LogP contribution < -0.4 is 19.5 Å². The van der Waals surface area contributed by atoms with Crippen molar-refractivity contribution in [2.24, 2.45) is 0 Å². The van der Waals surface area contributed by atoms with Crippen molar-refractivity contribution in [3.8, 4) is 17.4 Å². The number of hydrogen-bond acceptors (Lipinski definition) is 11. The number of pyridine rings is 2. The summed E-state index contributed by atoms with van der Waals surface area (Å²) in [6.45, 7) is 0.241. The van der Waals surface area contributed by atoms with Crippen LogP contribution in [0, 0.1) is 0 Å². The number of ether oxygens (including phenoxy) is 4. The lowest BCUT2D eigenvalue weighted by Gasteiger charge is -2.39. The molecule has 0 spiro atoms. The summed E-state index contributed by atoms with van der Waals surface area (Å²) in [5.74, 6) is -0.889. The van der Waals surface area contributed by atoms with Gasteiger partial charge in [-0.25, -0.2) is 4.98 Å². The van der Waals surface area contributed by atoms with E-state index >= 15 is 0 Å². The topological polar surface area (TPSA) is 173 Å². The van der Waals surface area contributed by atoms with Gasteiger partial charge in [0.2, 0.25) is 12.2 Å². The number of alkyl halides is 2. The van der Waals surface area contributed by atoms with Crippen molar-refractivity contribution >= 4 is 5.91 Å². The summed E-state index contributed by atoms with van der Waals surface area (Å²) in [7, 11) is 1.34. The highest BCUT2D eigenvalue weighted by Crippen LogP contribution is 2.39. The number of likely N-dealkylation sites (N-methyl/N-ethyl adjacent to an activating group) is 1. The van der Waals surface area contributed by atoms with Crippen LogP contribution in [0.4, 0.5) is 8.78 Å². The molecule has 2 fully saturated rings. The first-order valence-electron chi connectivity index (χ1n) is 14.8. The predicted molar refractivity (Wildman–Crippen MR) is 157 cm³/mol. The maximum absolute atomic E-state index is 13.1. The summed E-state index contributed by atoms with van der Waals surface area (Å²) in [6, 6.07) is 11.6. The van der Waals surface area contributed by atoms with Crippen LogP contribution in [-0.2, 0) is 21.6 Å². The quantitative estimate of drug-likeness (QED) is 0.195. The molecule has 1 saturated heterocycles. The number of amides is 1. The standard InChI is InChI=1S/C32H37F2N3O9/c1-32(2,42)23-10-6-18(15-36-23)20(17-5-9-21(44-31(33)34)22(13-17)43-19-7-8-19)12-16-4-11-24(37-14-16)45-30-27(40)25(38)26(39)28(46-30)29(41)35-3/h4-6,9-11,13-15,19-20,25-28,30-31,38-40,42H,7-8,12H2,1-3H3,(H,35,41)/t20-,25+,26-,27?,28?,30+/m0/s1. The van der Waals surface area contributed by atoms with Crippen LogP contribution in [0.3, 0.4) is 0 Å². The molecule has 12 nitrogen and oxygen atoms in total. The molecule has 46 heavy (non-hydrogen) atoms. The fourth-order valence-corrected chi connectivity index (χ4v) is 5.05. The zero-order chi connectivity index (χ0) is 33.2. The molecule has 1 aliphatic heterocycles. The minimum Gasteiger partial charge on any atom is -0.487 e. The van der Waals surface area contributed by atoms with E-state index < -0.39 is 48.8 Å². The van der Waals surface area contributed by atoms with Crippen molar-refractivity contribution in [3.05, 3.63) is 77.2 Å². The van der Waals surface area contributed by atoms with Gasteiger partial charge in [0.25, 0.3) is 5.91 Å². The van der Waals surface area contributed by atoms with Crippen LogP contribution in [-0.4, -0.2) is 86.8 Å². The van der Waals surface area contributed by atoms with E-state index in [4.69, 9.17) is 18.9 Å². The fraction of sp³-hybridized carbons (Fsp3) is 0.469. The lowest BCUT2D eigenvalue weighted by atomic mass is 9.86. The molecule has 3 aromatic rings. The van der Waals surface area contributed by atoms with Gasteiger partial charge in [0.05, 0.1) is 11.8 Å². The van der Waals surface area contributed by atoms with Crippen LogP contribution in [0.2, 0.25) is 0 Å². The number of benzene rings is 1. The van der Waals surface area contributed by atoms with Gasteiger partial charge in [-0.2, -0.15) is 8.78 Å². The molecule has 6 atom stereocenters. The van der Waals surface area contributed by atoms with E-state index in [1.807, 2.05) is 6.07 Å². The lowest BCUT2D eigenvalue weighted by molar-refractivity contribution is -0.267. The summed E-state index contributed by atoms with van der Waals surface area (Å²) >= 11 is 0. The summed E-state index contributed by atoms with van der Waals surface area (Å²) in [4.78, 5) is 20.9. The van der Waals surface area contributed by atoms with Crippen molar-refractivity contribution in [1.82, 2.24) is 15.3 Å². The molecule has 2 aromatic heterocycles. The minimum absolute atomic E-state index is 0.0217. The van der Waals surface area contributed by atoms with Gasteiger partial charge in [-0.15, -0.1) is 0 Å². The SMILES string of the molecule is CNC(=O)C1O[C@@H](Oc2ccc(C[C@H](c3ccc(C(C)(C)O)nc3)c3ccc(OC(F)F)c(OC4CC4)c3)cn2)C(O)[C@H](O)[C@@H]1O. The number of nitrogens with one attached hydrogen (secondary N) is 1. The Bertz CT molecular complexity index is 1480. The summed E-state index contributed by atoms with van der Waals surface area (Å²) < 4.78 is 47.9. The fourth-order valence-electron chi connectivity index (χ4n) is 5.05. The van der Waals surface area contributed by atoms with Crippen molar-refractivity contribution in [2.75, 3.05) is 7.05 Å². The maximum Gasteiger partial charge on any atom is 0.387 e. The van der Waals surface area contributed by atoms with Crippen LogP contribution in [0.15, 0.2) is 54.9 Å². The Morgan fingerprint density at radius 2 is 1.72 bits per heavy atom. The van der Waals surface area contributed by atoms with Gasteiger partial charge >= 0.3 is 6.61 Å². The zero-order valence-corrected chi connectivity index (χ0v) is 25.4. The maximum atomic E-state index is 13.1. The highest BCUT2D eigenvalue weighted by atomic mass is 19.3. The molecule has 14 heteroatoms. The first kappa shape index (κ1) is 33.4. The van der Waals surface area contributed by atoms with Crippen molar-refractivity contribution in [2.45, 2.75) is 88.1 Å². The number of aliphatic hydroxyl groups excluding tert-OH is 3. The Balaban J connectivity index is 1.40. The molecule has 2 aliphatic rings. The molecule has 1 amide bonds. The van der Waals surface area contributed by atoms with Gasteiger partial charge in [0.1, 0.15) is 23.9 Å². The molecular weight excluding hydrogens is 608 g/mol. The Kier molecular flexibility index (Phi) is 10.0. The third-order valence-corrected chi connectivity index (χ3v) is 7.77. The molecular formula is C32H37F2N3O9. The number of rotatable bonds is 12. The molecule has 2 unspecified atom stereocenters. The number of halogens is 2. The van der Waals surface area contributed by atoms with Crippen LogP contribution in [0.25, 0.3) is 0 Å². The monoisotopic (exact) mass is 645 g/mol. The minimum atomic E-state index is -3.02. The Hall–Kier alpha value is -3.95. The summed E-state index contributed by atoms with van der Waals surface area (Å²) in [5.41, 5.74) is 1.57. The number of carbonyl (C=O) groups excluding carboxylic acids is 1. The first-order valence-corrected chi connectivity index (χ1v) is 14.8. The third-order valence-electron chi connectivity index (χ3n) is 7.77. The predicted octanol–water partition coefficient (Wildman–Crippen LogP) is 2.15. The smallest absolute Gasteiger partial charge is 0.387 e. The second-order valence-corrected chi connectivity index (χ2v) is 11.8. The average Bonchev–Trinajstić information content (AvgIpc) is 3.85. The van der Waals surface area contributed by atoms with Gasteiger partial charge in [-0.05, 0) is 68.0 Å². The third kappa shape index (κ3) is 7.88. The van der Waals surface area contributed by atoms with E-state index in [2.05, 4.69) is 15.3 Å². The molecule has 248 valence electrons. The second kappa shape index (κ2) is 13.8. The second-order valence-electron chi connectivity index (χ2n) is 11.8. The highest BCUT2D eigenvalue weighted by Gasteiger charge is 2.47. The number of nitrogens with zero attached hydrogens (tertiary/aromatic N) is 2. The molecule has 5 rings (SSSR count). The zero-order valence-electron chi connectivity index (χ0n) is 25.4.